The lowest BCUT2D eigenvalue weighted by Crippen LogP contribution is -1.97. The van der Waals surface area contributed by atoms with E-state index >= 15 is 0 Å². The molecule has 0 aromatic carbocycles. The van der Waals surface area contributed by atoms with Gasteiger partial charge in [0.05, 0.1) is 0 Å². The quantitative estimate of drug-likeness (QED) is 0.801. The lowest BCUT2D eigenvalue weighted by atomic mass is 10.1. The molecular weight excluding hydrogens is 188 g/mol. The molecule has 0 atom stereocenters. The first-order valence-electron chi connectivity index (χ1n) is 4.83. The van der Waals surface area contributed by atoms with Crippen LogP contribution in [0.5, 0.6) is 0 Å². The molecule has 2 N–H and O–H groups in total. The molecule has 2 aromatic heterocycles. The van der Waals surface area contributed by atoms with Crippen LogP contribution in [0.3, 0.4) is 0 Å². The number of nitrogen functional groups attached to an aromatic ring is 1. The first-order valence-corrected chi connectivity index (χ1v) is 4.83. The summed E-state index contributed by atoms with van der Waals surface area (Å²) in [6.07, 6.45) is 6.14. The molecule has 2 aromatic rings. The van der Waals surface area contributed by atoms with Gasteiger partial charge in [0.2, 0.25) is 0 Å². The van der Waals surface area contributed by atoms with Gasteiger partial charge in [-0.05, 0) is 24.1 Å². The number of rotatable bonds is 2. The predicted octanol–water partition coefficient (Wildman–Crippen LogP) is 1.68. The molecule has 0 saturated heterocycles. The van der Waals surface area contributed by atoms with Crippen molar-refractivity contribution in [3.63, 3.8) is 0 Å². The zero-order valence-corrected chi connectivity index (χ0v) is 8.51. The summed E-state index contributed by atoms with van der Waals surface area (Å²) in [5.74, 6) is 1.15. The number of nitrogens with zero attached hydrogens (tertiary/aromatic N) is 3. The average molecular weight is 200 g/mol. The Morgan fingerprint density at radius 2 is 2.13 bits per heavy atom. The molecule has 0 aliphatic heterocycles. The van der Waals surface area contributed by atoms with Gasteiger partial charge >= 0.3 is 0 Å². The van der Waals surface area contributed by atoms with Crippen LogP contribution in [0.15, 0.2) is 30.7 Å². The third-order valence-corrected chi connectivity index (χ3v) is 2.20. The van der Waals surface area contributed by atoms with E-state index in [1.807, 2.05) is 12.3 Å². The summed E-state index contributed by atoms with van der Waals surface area (Å²) in [7, 11) is 0. The van der Waals surface area contributed by atoms with Crippen molar-refractivity contribution < 1.29 is 0 Å². The Morgan fingerprint density at radius 3 is 2.87 bits per heavy atom. The van der Waals surface area contributed by atoms with E-state index in [1.54, 1.807) is 18.5 Å². The van der Waals surface area contributed by atoms with E-state index < -0.39 is 0 Å². The largest absolute Gasteiger partial charge is 0.384 e. The van der Waals surface area contributed by atoms with E-state index in [4.69, 9.17) is 5.73 Å². The third-order valence-electron chi connectivity index (χ3n) is 2.20. The van der Waals surface area contributed by atoms with Crippen LogP contribution in [-0.4, -0.2) is 15.0 Å². The number of hydrogen-bond donors (Lipinski definition) is 1. The molecule has 76 valence electrons. The predicted molar refractivity (Wildman–Crippen MR) is 59.1 cm³/mol. The van der Waals surface area contributed by atoms with E-state index in [1.165, 1.54) is 0 Å². The average Bonchev–Trinajstić information content (AvgIpc) is 2.29. The van der Waals surface area contributed by atoms with Crippen LogP contribution < -0.4 is 5.73 Å². The third kappa shape index (κ3) is 1.93. The Balaban J connectivity index is 2.53. The highest BCUT2D eigenvalue weighted by Crippen LogP contribution is 2.19. The Kier molecular flexibility index (Phi) is 2.58. The fourth-order valence-electron chi connectivity index (χ4n) is 1.43. The van der Waals surface area contributed by atoms with Gasteiger partial charge in [0.25, 0.3) is 0 Å². The van der Waals surface area contributed by atoms with E-state index in [0.717, 1.165) is 17.5 Å². The van der Waals surface area contributed by atoms with Crippen LogP contribution in [0, 0.1) is 0 Å². The van der Waals surface area contributed by atoms with E-state index in [9.17, 15) is 0 Å². The van der Waals surface area contributed by atoms with E-state index in [-0.39, 0.29) is 0 Å². The molecule has 15 heavy (non-hydrogen) atoms. The van der Waals surface area contributed by atoms with Crippen LogP contribution in [0.1, 0.15) is 12.5 Å². The summed E-state index contributed by atoms with van der Waals surface area (Å²) >= 11 is 0. The van der Waals surface area contributed by atoms with Gasteiger partial charge in [0.1, 0.15) is 5.82 Å². The minimum absolute atomic E-state index is 0.485. The molecule has 2 rings (SSSR count). The topological polar surface area (TPSA) is 64.7 Å². The summed E-state index contributed by atoms with van der Waals surface area (Å²) in [5, 5.41) is 0. The van der Waals surface area contributed by atoms with Gasteiger partial charge in [-0.15, -0.1) is 0 Å². The minimum atomic E-state index is 0.485. The highest BCUT2D eigenvalue weighted by atomic mass is 14.9. The molecule has 0 aliphatic carbocycles. The van der Waals surface area contributed by atoms with Crippen molar-refractivity contribution in [3.05, 3.63) is 36.3 Å². The van der Waals surface area contributed by atoms with Crippen molar-refractivity contribution in [1.82, 2.24) is 15.0 Å². The maximum absolute atomic E-state index is 5.62. The number of aryl methyl sites for hydroxylation is 1. The number of nitrogens with two attached hydrogens (primary N) is 1. The van der Waals surface area contributed by atoms with Crippen LogP contribution in [0.25, 0.3) is 11.4 Å². The van der Waals surface area contributed by atoms with E-state index in [2.05, 4.69) is 21.9 Å². The summed E-state index contributed by atoms with van der Waals surface area (Å²) in [4.78, 5) is 12.5. The van der Waals surface area contributed by atoms with Gasteiger partial charge in [-0.2, -0.15) is 0 Å². The smallest absolute Gasteiger partial charge is 0.161 e. The number of anilines is 1. The van der Waals surface area contributed by atoms with Crippen molar-refractivity contribution in [2.75, 3.05) is 5.73 Å². The van der Waals surface area contributed by atoms with Gasteiger partial charge in [0.15, 0.2) is 5.82 Å². The van der Waals surface area contributed by atoms with Crippen LogP contribution >= 0.6 is 0 Å². The molecule has 4 heteroatoms. The van der Waals surface area contributed by atoms with Crippen LogP contribution in [-0.2, 0) is 6.42 Å². The fraction of sp³-hybridized carbons (Fsp3) is 0.182. The van der Waals surface area contributed by atoms with E-state index in [0.29, 0.717) is 11.6 Å². The summed E-state index contributed by atoms with van der Waals surface area (Å²) in [5.41, 5.74) is 7.75. The molecule has 0 bridgehead atoms. The Bertz CT molecular complexity index is 468. The SMILES string of the molecule is CCc1cnccc1-c1nccc(N)n1. The Hall–Kier alpha value is -1.97. The monoisotopic (exact) mass is 200 g/mol. The molecule has 2 heterocycles. The lowest BCUT2D eigenvalue weighted by Gasteiger charge is -2.05. The summed E-state index contributed by atoms with van der Waals surface area (Å²) < 4.78 is 0. The van der Waals surface area contributed by atoms with Crippen molar-refractivity contribution in [2.24, 2.45) is 0 Å². The van der Waals surface area contributed by atoms with Crippen molar-refractivity contribution >= 4 is 5.82 Å². The van der Waals surface area contributed by atoms with Gasteiger partial charge in [0, 0.05) is 24.2 Å². The lowest BCUT2D eigenvalue weighted by molar-refractivity contribution is 1.08. The number of aromatic nitrogens is 3. The highest BCUT2D eigenvalue weighted by Gasteiger charge is 2.05. The number of pyridine rings is 1. The normalized spacial score (nSPS) is 10.2. The van der Waals surface area contributed by atoms with Gasteiger partial charge in [-0.1, -0.05) is 6.92 Å². The van der Waals surface area contributed by atoms with Crippen LogP contribution in [0.2, 0.25) is 0 Å². The molecule has 0 aliphatic rings. The second kappa shape index (κ2) is 4.04. The number of hydrogen-bond acceptors (Lipinski definition) is 4. The van der Waals surface area contributed by atoms with Crippen molar-refractivity contribution in [1.29, 1.82) is 0 Å². The van der Waals surface area contributed by atoms with Crippen molar-refractivity contribution in [2.45, 2.75) is 13.3 Å². The summed E-state index contributed by atoms with van der Waals surface area (Å²) in [6, 6.07) is 3.59. The highest BCUT2D eigenvalue weighted by molar-refractivity contribution is 5.60. The van der Waals surface area contributed by atoms with Gasteiger partial charge in [-0.3, -0.25) is 4.98 Å². The summed E-state index contributed by atoms with van der Waals surface area (Å²) in [6.45, 7) is 2.08. The second-order valence-electron chi connectivity index (χ2n) is 3.19. The Morgan fingerprint density at radius 1 is 1.27 bits per heavy atom. The zero-order chi connectivity index (χ0) is 10.7. The van der Waals surface area contributed by atoms with Gasteiger partial charge in [-0.25, -0.2) is 9.97 Å². The molecule has 0 fully saturated rings. The first-order chi connectivity index (χ1) is 7.31. The molecular formula is C11H12N4. The zero-order valence-electron chi connectivity index (χ0n) is 8.51. The van der Waals surface area contributed by atoms with Crippen molar-refractivity contribution in [3.8, 4) is 11.4 Å². The fourth-order valence-corrected chi connectivity index (χ4v) is 1.43. The minimum Gasteiger partial charge on any atom is -0.384 e. The molecule has 4 nitrogen and oxygen atoms in total. The Labute approximate surface area is 88.2 Å². The molecule has 0 amide bonds. The second-order valence-corrected chi connectivity index (χ2v) is 3.19. The van der Waals surface area contributed by atoms with Crippen LogP contribution in [0.4, 0.5) is 5.82 Å². The standard InChI is InChI=1S/C11H12N4/c1-2-8-7-13-5-3-9(8)11-14-6-4-10(12)15-11/h3-7H,2H2,1H3,(H2,12,14,15). The maximum atomic E-state index is 5.62. The van der Waals surface area contributed by atoms with Gasteiger partial charge < -0.3 is 5.73 Å². The molecule has 0 saturated carbocycles. The molecule has 0 radical (unpaired) electrons. The molecule has 0 spiro atoms. The maximum Gasteiger partial charge on any atom is 0.161 e. The molecule has 0 unspecified atom stereocenters. The first kappa shape index (κ1) is 9.58.